The van der Waals surface area contributed by atoms with Crippen LogP contribution < -0.4 is 5.32 Å². The molecule has 1 atom stereocenters. The van der Waals surface area contributed by atoms with Crippen LogP contribution in [0.25, 0.3) is 0 Å². The highest BCUT2D eigenvalue weighted by molar-refractivity contribution is 6.30. The summed E-state index contributed by atoms with van der Waals surface area (Å²) in [5.41, 5.74) is 2.92. The Bertz CT molecular complexity index is 586. The van der Waals surface area contributed by atoms with Crippen LogP contribution in [0.15, 0.2) is 36.7 Å². The van der Waals surface area contributed by atoms with E-state index in [0.717, 1.165) is 17.7 Å². The Morgan fingerprint density at radius 2 is 2.15 bits per heavy atom. The molecule has 0 fully saturated rings. The molecule has 0 spiro atoms. The summed E-state index contributed by atoms with van der Waals surface area (Å²) in [6, 6.07) is 6.88. The molecule has 106 valence electrons. The van der Waals surface area contributed by atoms with Crippen molar-refractivity contribution in [3.63, 3.8) is 0 Å². The predicted molar refractivity (Wildman–Crippen MR) is 80.5 cm³/mol. The number of nitrogens with zero attached hydrogens (tertiary/aromatic N) is 1. The third-order valence-electron chi connectivity index (χ3n) is 3.33. The molecule has 0 saturated heterocycles. The summed E-state index contributed by atoms with van der Waals surface area (Å²) in [4.78, 5) is 4.10. The summed E-state index contributed by atoms with van der Waals surface area (Å²) in [7, 11) is 0. The maximum absolute atomic E-state index is 13.9. The molecule has 0 aliphatic rings. The van der Waals surface area contributed by atoms with E-state index in [4.69, 9.17) is 11.6 Å². The van der Waals surface area contributed by atoms with Gasteiger partial charge in [-0.15, -0.1) is 0 Å². The number of nitrogens with one attached hydrogen (secondary N) is 1. The second-order valence-corrected chi connectivity index (χ2v) is 5.22. The zero-order valence-electron chi connectivity index (χ0n) is 11.7. The van der Waals surface area contributed by atoms with E-state index in [9.17, 15) is 4.39 Å². The zero-order chi connectivity index (χ0) is 14.5. The van der Waals surface area contributed by atoms with Crippen LogP contribution >= 0.6 is 11.6 Å². The highest BCUT2D eigenvalue weighted by atomic mass is 35.5. The van der Waals surface area contributed by atoms with Crippen molar-refractivity contribution in [2.24, 2.45) is 0 Å². The summed E-state index contributed by atoms with van der Waals surface area (Å²) in [5.74, 6) is -0.257. The van der Waals surface area contributed by atoms with Gasteiger partial charge in [-0.25, -0.2) is 4.39 Å². The van der Waals surface area contributed by atoms with Gasteiger partial charge in [0.05, 0.1) is 0 Å². The van der Waals surface area contributed by atoms with E-state index in [1.54, 1.807) is 18.3 Å². The van der Waals surface area contributed by atoms with Gasteiger partial charge in [0, 0.05) is 23.5 Å². The highest BCUT2D eigenvalue weighted by Crippen LogP contribution is 2.24. The van der Waals surface area contributed by atoms with E-state index in [-0.39, 0.29) is 11.9 Å². The van der Waals surface area contributed by atoms with Gasteiger partial charge in [0.1, 0.15) is 5.82 Å². The van der Waals surface area contributed by atoms with Gasteiger partial charge < -0.3 is 5.32 Å². The minimum Gasteiger partial charge on any atom is -0.310 e. The van der Waals surface area contributed by atoms with Gasteiger partial charge in [-0.2, -0.15) is 0 Å². The minimum atomic E-state index is -0.257. The molecule has 1 aromatic heterocycles. The fraction of sp³-hybridized carbons (Fsp3) is 0.312. The molecule has 4 heteroatoms. The molecular weight excluding hydrogens is 275 g/mol. The summed E-state index contributed by atoms with van der Waals surface area (Å²) < 4.78 is 13.9. The first kappa shape index (κ1) is 14.9. The third kappa shape index (κ3) is 3.56. The standard InChI is InChI=1S/C16H18ClFN2/c1-3-20-16(14-6-7-19-10-11(14)2)8-12-4-5-13(17)9-15(12)18/h4-7,9-10,16,20H,3,8H2,1-2H3. The van der Waals surface area contributed by atoms with Gasteiger partial charge in [0.15, 0.2) is 0 Å². The third-order valence-corrected chi connectivity index (χ3v) is 3.56. The number of halogens is 2. The van der Waals surface area contributed by atoms with Crippen molar-refractivity contribution in [3.8, 4) is 0 Å². The first-order valence-electron chi connectivity index (χ1n) is 6.69. The van der Waals surface area contributed by atoms with Gasteiger partial charge in [-0.05, 0) is 54.8 Å². The minimum absolute atomic E-state index is 0.0682. The normalized spacial score (nSPS) is 12.4. The van der Waals surface area contributed by atoms with Crippen molar-refractivity contribution in [2.45, 2.75) is 26.3 Å². The maximum Gasteiger partial charge on any atom is 0.127 e. The van der Waals surface area contributed by atoms with Gasteiger partial charge in [0.2, 0.25) is 0 Å². The average Bonchev–Trinajstić information content (AvgIpc) is 2.42. The monoisotopic (exact) mass is 292 g/mol. The smallest absolute Gasteiger partial charge is 0.127 e. The van der Waals surface area contributed by atoms with Crippen molar-refractivity contribution < 1.29 is 4.39 Å². The summed E-state index contributed by atoms with van der Waals surface area (Å²) >= 11 is 5.79. The van der Waals surface area contributed by atoms with Gasteiger partial charge in [-0.3, -0.25) is 4.98 Å². The Morgan fingerprint density at radius 1 is 1.35 bits per heavy atom. The lowest BCUT2D eigenvalue weighted by Gasteiger charge is -2.20. The summed E-state index contributed by atoms with van der Waals surface area (Å²) in [5, 5.41) is 3.83. The van der Waals surface area contributed by atoms with Crippen LogP contribution in [-0.2, 0) is 6.42 Å². The highest BCUT2D eigenvalue weighted by Gasteiger charge is 2.15. The molecule has 0 aliphatic carbocycles. The van der Waals surface area contributed by atoms with Crippen LogP contribution in [0.3, 0.4) is 0 Å². The van der Waals surface area contributed by atoms with Crippen LogP contribution in [-0.4, -0.2) is 11.5 Å². The molecule has 2 aromatic rings. The molecule has 0 saturated carbocycles. The first-order valence-corrected chi connectivity index (χ1v) is 7.07. The quantitative estimate of drug-likeness (QED) is 0.898. The summed E-state index contributed by atoms with van der Waals surface area (Å²) in [6.45, 7) is 4.88. The van der Waals surface area contributed by atoms with Crippen molar-refractivity contribution in [1.29, 1.82) is 0 Å². The number of pyridine rings is 1. The summed E-state index contributed by atoms with van der Waals surface area (Å²) in [6.07, 6.45) is 4.18. The first-order chi connectivity index (χ1) is 9.61. The van der Waals surface area contributed by atoms with Crippen molar-refractivity contribution in [3.05, 3.63) is 64.2 Å². The van der Waals surface area contributed by atoms with Crippen LogP contribution in [0.4, 0.5) is 4.39 Å². The number of hydrogen-bond acceptors (Lipinski definition) is 2. The fourth-order valence-electron chi connectivity index (χ4n) is 2.32. The molecule has 2 rings (SSSR count). The largest absolute Gasteiger partial charge is 0.310 e. The van der Waals surface area contributed by atoms with E-state index in [2.05, 4.69) is 10.3 Å². The molecule has 1 aromatic carbocycles. The number of aryl methyl sites for hydroxylation is 1. The Balaban J connectivity index is 2.28. The Kier molecular flexibility index (Phi) is 5.10. The van der Waals surface area contributed by atoms with E-state index in [1.807, 2.05) is 26.1 Å². The van der Waals surface area contributed by atoms with Crippen molar-refractivity contribution in [1.82, 2.24) is 10.3 Å². The molecule has 1 N–H and O–H groups in total. The second-order valence-electron chi connectivity index (χ2n) is 4.78. The van der Waals surface area contributed by atoms with E-state index in [0.29, 0.717) is 17.0 Å². The zero-order valence-corrected chi connectivity index (χ0v) is 12.4. The topological polar surface area (TPSA) is 24.9 Å². The lowest BCUT2D eigenvalue weighted by Crippen LogP contribution is -2.24. The van der Waals surface area contributed by atoms with E-state index >= 15 is 0 Å². The number of aromatic nitrogens is 1. The van der Waals surface area contributed by atoms with Crippen molar-refractivity contribution >= 4 is 11.6 Å². The van der Waals surface area contributed by atoms with Crippen LogP contribution in [0.5, 0.6) is 0 Å². The van der Waals surface area contributed by atoms with Crippen molar-refractivity contribution in [2.75, 3.05) is 6.54 Å². The number of rotatable bonds is 5. The fourth-order valence-corrected chi connectivity index (χ4v) is 2.48. The number of likely N-dealkylation sites (N-methyl/N-ethyl adjacent to an activating group) is 1. The average molecular weight is 293 g/mol. The van der Waals surface area contributed by atoms with Gasteiger partial charge in [0.25, 0.3) is 0 Å². The van der Waals surface area contributed by atoms with E-state index in [1.165, 1.54) is 6.07 Å². The molecule has 0 aliphatic heterocycles. The predicted octanol–water partition coefficient (Wildman–Crippen LogP) is 4.08. The molecule has 20 heavy (non-hydrogen) atoms. The number of hydrogen-bond donors (Lipinski definition) is 1. The SMILES string of the molecule is CCNC(Cc1ccc(Cl)cc1F)c1ccncc1C. The number of benzene rings is 1. The molecule has 1 heterocycles. The van der Waals surface area contributed by atoms with Gasteiger partial charge in [-0.1, -0.05) is 24.6 Å². The lowest BCUT2D eigenvalue weighted by atomic mass is 9.96. The molecule has 0 amide bonds. The molecule has 2 nitrogen and oxygen atoms in total. The van der Waals surface area contributed by atoms with Crippen LogP contribution in [0.2, 0.25) is 5.02 Å². The Morgan fingerprint density at radius 3 is 2.80 bits per heavy atom. The molecular formula is C16H18ClFN2. The Hall–Kier alpha value is -1.45. The molecule has 1 unspecified atom stereocenters. The molecule has 0 bridgehead atoms. The Labute approximate surface area is 124 Å². The molecule has 0 radical (unpaired) electrons. The van der Waals surface area contributed by atoms with Crippen LogP contribution in [0.1, 0.15) is 29.7 Å². The van der Waals surface area contributed by atoms with Gasteiger partial charge >= 0.3 is 0 Å². The van der Waals surface area contributed by atoms with E-state index < -0.39 is 0 Å². The maximum atomic E-state index is 13.9. The second kappa shape index (κ2) is 6.82. The lowest BCUT2D eigenvalue weighted by molar-refractivity contribution is 0.525. The van der Waals surface area contributed by atoms with Crippen LogP contribution in [0, 0.1) is 12.7 Å².